The normalized spacial score (nSPS) is 20.2. The fourth-order valence-electron chi connectivity index (χ4n) is 5.21. The fraction of sp³-hybridized carbons (Fsp3) is 0.559. The second-order valence-electron chi connectivity index (χ2n) is 12.6. The van der Waals surface area contributed by atoms with Gasteiger partial charge in [-0.1, -0.05) is 6.92 Å². The third-order valence-corrected chi connectivity index (χ3v) is 7.99. The summed E-state index contributed by atoms with van der Waals surface area (Å²) in [6.07, 6.45) is -2.93. The summed E-state index contributed by atoms with van der Waals surface area (Å²) in [6, 6.07) is 7.05. The summed E-state index contributed by atoms with van der Waals surface area (Å²) in [6.45, 7) is 9.91. The van der Waals surface area contributed by atoms with Gasteiger partial charge < -0.3 is 40.3 Å². The first-order valence-electron chi connectivity index (χ1n) is 16.2. The highest BCUT2D eigenvalue weighted by atomic mass is 19.4. The number of nitrogens with zero attached hydrogens (tertiary/aromatic N) is 2. The molecule has 266 valence electrons. The number of urea groups is 2. The molecular weight excluding hydrogens is 631 g/mol. The van der Waals surface area contributed by atoms with E-state index in [1.54, 1.807) is 31.0 Å². The minimum Gasteiger partial charge on any atom is -0.490 e. The van der Waals surface area contributed by atoms with Gasteiger partial charge in [0.15, 0.2) is 0 Å². The summed E-state index contributed by atoms with van der Waals surface area (Å²) in [5, 5.41) is 18.1. The zero-order chi connectivity index (χ0) is 35.6. The van der Waals surface area contributed by atoms with Gasteiger partial charge in [-0.05, 0) is 89.4 Å². The molecule has 4 atom stereocenters. The molecule has 0 saturated carbocycles. The van der Waals surface area contributed by atoms with Crippen molar-refractivity contribution in [2.75, 3.05) is 44.0 Å². The van der Waals surface area contributed by atoms with Crippen LogP contribution in [0.25, 0.3) is 0 Å². The van der Waals surface area contributed by atoms with Crippen LogP contribution >= 0.6 is 0 Å². The van der Waals surface area contributed by atoms with E-state index in [0.29, 0.717) is 18.8 Å². The van der Waals surface area contributed by atoms with Crippen LogP contribution in [0.2, 0.25) is 0 Å². The maximum Gasteiger partial charge on any atom is 0.416 e. The molecule has 1 aliphatic rings. The first-order chi connectivity index (χ1) is 22.6. The van der Waals surface area contributed by atoms with Crippen LogP contribution in [-0.4, -0.2) is 90.5 Å². The van der Waals surface area contributed by atoms with Crippen molar-refractivity contribution in [3.8, 4) is 5.75 Å². The van der Waals surface area contributed by atoms with Crippen LogP contribution in [0.5, 0.6) is 5.75 Å². The molecule has 0 unspecified atom stereocenters. The van der Waals surface area contributed by atoms with Gasteiger partial charge in [0.1, 0.15) is 5.75 Å². The molecule has 0 aliphatic carbocycles. The Labute approximate surface area is 280 Å². The van der Waals surface area contributed by atoms with E-state index in [1.165, 1.54) is 11.0 Å². The number of alkyl halides is 3. The molecule has 48 heavy (non-hydrogen) atoms. The van der Waals surface area contributed by atoms with Crippen molar-refractivity contribution in [1.29, 1.82) is 0 Å². The molecule has 1 aliphatic heterocycles. The number of hydrogen-bond donors (Lipinski definition) is 4. The van der Waals surface area contributed by atoms with Crippen molar-refractivity contribution in [3.63, 3.8) is 0 Å². The number of fused-ring (bicyclic) bond motifs is 1. The van der Waals surface area contributed by atoms with Gasteiger partial charge in [-0.3, -0.25) is 4.79 Å². The minimum absolute atomic E-state index is 0.0413. The van der Waals surface area contributed by atoms with Gasteiger partial charge in [0.2, 0.25) is 0 Å². The Morgan fingerprint density at radius 2 is 1.69 bits per heavy atom. The smallest absolute Gasteiger partial charge is 0.416 e. The standard InChI is InChI=1S/C34H48F3N5O6/c1-21(2)38-33(46)41(6)19-30-22(3)18-42(23(4)20-43)31(44)28-17-27(14-15-29(28)48-24(5)9-7-8-16-47-30)40-32(45)39-26-12-10-25(11-13-26)34(35,36)37/h10-15,17,21-24,30,43H,7-9,16,18-20H2,1-6H3,(H,38,46)(H2,39,40,45)/t22-,23-,24+,30-/m1/s1. The number of carbonyl (C=O) groups excluding carboxylic acids is 3. The zero-order valence-corrected chi connectivity index (χ0v) is 28.4. The third kappa shape index (κ3) is 11.3. The second-order valence-corrected chi connectivity index (χ2v) is 12.6. The van der Waals surface area contributed by atoms with Gasteiger partial charge in [-0.15, -0.1) is 0 Å². The van der Waals surface area contributed by atoms with Crippen LogP contribution in [0.3, 0.4) is 0 Å². The van der Waals surface area contributed by atoms with Crippen LogP contribution < -0.4 is 20.7 Å². The Kier molecular flexibility index (Phi) is 13.9. The monoisotopic (exact) mass is 679 g/mol. The summed E-state index contributed by atoms with van der Waals surface area (Å²) < 4.78 is 51.3. The van der Waals surface area contributed by atoms with Crippen LogP contribution in [0.15, 0.2) is 42.5 Å². The molecular formula is C34H48F3N5O6. The second kappa shape index (κ2) is 17.4. The predicted molar refractivity (Wildman–Crippen MR) is 177 cm³/mol. The summed E-state index contributed by atoms with van der Waals surface area (Å²) in [7, 11) is 1.69. The van der Waals surface area contributed by atoms with Crippen molar-refractivity contribution in [3.05, 3.63) is 53.6 Å². The Bertz CT molecular complexity index is 1370. The SMILES string of the molecule is CC(C)NC(=O)N(C)C[C@H]1OCCCC[C@H](C)Oc2ccc(NC(=O)Nc3ccc(C(F)(F)F)cc3)cc2C(=O)N([C@H](C)CO)C[C@H]1C. The number of rotatable bonds is 7. The number of anilines is 2. The van der Waals surface area contributed by atoms with E-state index in [0.717, 1.165) is 37.1 Å². The van der Waals surface area contributed by atoms with Crippen LogP contribution in [-0.2, 0) is 10.9 Å². The van der Waals surface area contributed by atoms with E-state index in [4.69, 9.17) is 9.47 Å². The molecule has 0 fully saturated rings. The first kappa shape index (κ1) is 38.4. The van der Waals surface area contributed by atoms with Gasteiger partial charge in [0.05, 0.1) is 36.0 Å². The molecule has 0 radical (unpaired) electrons. The third-order valence-electron chi connectivity index (χ3n) is 7.99. The molecule has 1 heterocycles. The van der Waals surface area contributed by atoms with Crippen molar-refractivity contribution >= 4 is 29.3 Å². The Morgan fingerprint density at radius 3 is 2.31 bits per heavy atom. The van der Waals surface area contributed by atoms with Crippen molar-refractivity contribution in [2.24, 2.45) is 5.92 Å². The van der Waals surface area contributed by atoms with Crippen LogP contribution in [0.1, 0.15) is 69.8 Å². The largest absolute Gasteiger partial charge is 0.490 e. The maximum atomic E-state index is 14.3. The van der Waals surface area contributed by atoms with Crippen molar-refractivity contribution in [2.45, 2.75) is 84.3 Å². The van der Waals surface area contributed by atoms with E-state index in [1.807, 2.05) is 27.7 Å². The lowest BCUT2D eigenvalue weighted by molar-refractivity contribution is -0.137. The molecule has 11 nitrogen and oxygen atoms in total. The first-order valence-corrected chi connectivity index (χ1v) is 16.2. The van der Waals surface area contributed by atoms with E-state index >= 15 is 0 Å². The number of aliphatic hydroxyl groups is 1. The zero-order valence-electron chi connectivity index (χ0n) is 28.4. The van der Waals surface area contributed by atoms with Gasteiger partial charge in [-0.2, -0.15) is 13.2 Å². The van der Waals surface area contributed by atoms with Gasteiger partial charge in [-0.25, -0.2) is 9.59 Å². The van der Waals surface area contributed by atoms with Crippen molar-refractivity contribution in [1.82, 2.24) is 15.1 Å². The minimum atomic E-state index is -4.50. The quantitative estimate of drug-likeness (QED) is 0.276. The summed E-state index contributed by atoms with van der Waals surface area (Å²) in [4.78, 5) is 42.8. The van der Waals surface area contributed by atoms with E-state index in [-0.39, 0.29) is 60.7 Å². The van der Waals surface area contributed by atoms with E-state index in [9.17, 15) is 32.7 Å². The predicted octanol–water partition coefficient (Wildman–Crippen LogP) is 6.19. The van der Waals surface area contributed by atoms with Gasteiger partial charge in [0.25, 0.3) is 5.91 Å². The molecule has 5 amide bonds. The molecule has 0 bridgehead atoms. The maximum absolute atomic E-state index is 14.3. The molecule has 2 aromatic carbocycles. The fourth-order valence-corrected chi connectivity index (χ4v) is 5.21. The average Bonchev–Trinajstić information content (AvgIpc) is 3.01. The van der Waals surface area contributed by atoms with E-state index < -0.39 is 35.8 Å². The Hall–Kier alpha value is -4.04. The average molecular weight is 680 g/mol. The number of carbonyl (C=O) groups is 3. The Morgan fingerprint density at radius 1 is 1.04 bits per heavy atom. The number of ether oxygens (including phenoxy) is 2. The highest BCUT2D eigenvalue weighted by Gasteiger charge is 2.32. The lowest BCUT2D eigenvalue weighted by atomic mass is 10.0. The van der Waals surface area contributed by atoms with Gasteiger partial charge in [0, 0.05) is 50.1 Å². The number of nitrogens with one attached hydrogen (secondary N) is 3. The molecule has 4 N–H and O–H groups in total. The molecule has 3 rings (SSSR count). The van der Waals surface area contributed by atoms with Crippen LogP contribution in [0, 0.1) is 5.92 Å². The molecule has 2 aromatic rings. The topological polar surface area (TPSA) is 132 Å². The number of amides is 5. The lowest BCUT2D eigenvalue weighted by Crippen LogP contribution is -2.49. The number of halogens is 3. The summed E-state index contributed by atoms with van der Waals surface area (Å²) in [5.41, 5.74) is -0.296. The van der Waals surface area contributed by atoms with Crippen molar-refractivity contribution < 1.29 is 42.1 Å². The number of aliphatic hydroxyl groups excluding tert-OH is 1. The number of hydrogen-bond acceptors (Lipinski definition) is 6. The molecule has 14 heteroatoms. The summed E-state index contributed by atoms with van der Waals surface area (Å²) >= 11 is 0. The molecule has 0 saturated heterocycles. The lowest BCUT2D eigenvalue weighted by Gasteiger charge is -2.36. The Balaban J connectivity index is 1.89. The molecule has 0 spiro atoms. The summed E-state index contributed by atoms with van der Waals surface area (Å²) in [5.74, 6) is -0.391. The number of likely N-dealkylation sites (N-methyl/N-ethyl adjacent to an activating group) is 1. The van der Waals surface area contributed by atoms with Crippen LogP contribution in [0.4, 0.5) is 34.1 Å². The number of benzene rings is 2. The van der Waals surface area contributed by atoms with E-state index in [2.05, 4.69) is 16.0 Å². The highest BCUT2D eigenvalue weighted by molar-refractivity contribution is 6.02. The van der Waals surface area contributed by atoms with Gasteiger partial charge >= 0.3 is 18.2 Å². The highest BCUT2D eigenvalue weighted by Crippen LogP contribution is 2.31. The molecule has 0 aromatic heterocycles.